The zero-order valence-electron chi connectivity index (χ0n) is 18.6. The zero-order valence-corrected chi connectivity index (χ0v) is 18.6. The van der Waals surface area contributed by atoms with Crippen molar-refractivity contribution in [2.24, 2.45) is 0 Å². The van der Waals surface area contributed by atoms with Gasteiger partial charge in [-0.1, -0.05) is 24.0 Å². The van der Waals surface area contributed by atoms with Crippen molar-refractivity contribution in [3.05, 3.63) is 35.4 Å². The molecule has 6 nitrogen and oxygen atoms in total. The lowest BCUT2D eigenvalue weighted by molar-refractivity contribution is 0.0412. The fourth-order valence-electron chi connectivity index (χ4n) is 4.13. The van der Waals surface area contributed by atoms with Crippen molar-refractivity contribution in [2.45, 2.75) is 51.8 Å². The van der Waals surface area contributed by atoms with E-state index in [9.17, 15) is 9.90 Å². The molecule has 30 heavy (non-hydrogen) atoms. The van der Waals surface area contributed by atoms with Gasteiger partial charge in [-0.3, -0.25) is 9.80 Å². The average Bonchev–Trinajstić information content (AvgIpc) is 2.73. The highest BCUT2D eigenvalue weighted by atomic mass is 16.6. The van der Waals surface area contributed by atoms with E-state index in [2.05, 4.69) is 33.8 Å². The van der Waals surface area contributed by atoms with Crippen molar-refractivity contribution in [2.75, 3.05) is 45.9 Å². The molecule has 0 aromatic heterocycles. The maximum atomic E-state index is 11.9. The predicted molar refractivity (Wildman–Crippen MR) is 118 cm³/mol. The van der Waals surface area contributed by atoms with E-state index in [-0.39, 0.29) is 6.09 Å². The highest BCUT2D eigenvalue weighted by Gasteiger charge is 2.29. The van der Waals surface area contributed by atoms with Crippen LogP contribution >= 0.6 is 0 Å². The van der Waals surface area contributed by atoms with Gasteiger partial charge < -0.3 is 14.7 Å². The molecule has 1 aromatic rings. The van der Waals surface area contributed by atoms with Crippen molar-refractivity contribution in [3.63, 3.8) is 0 Å². The number of likely N-dealkylation sites (tertiary alicyclic amines) is 1. The summed E-state index contributed by atoms with van der Waals surface area (Å²) < 4.78 is 5.13. The molecule has 0 unspecified atom stereocenters. The molecule has 2 fully saturated rings. The number of rotatable bonds is 4. The monoisotopic (exact) mass is 413 g/mol. The number of nitrogens with zero attached hydrogens (tertiary/aromatic N) is 3. The van der Waals surface area contributed by atoms with Crippen LogP contribution in [0.4, 0.5) is 4.79 Å². The first-order valence-electron chi connectivity index (χ1n) is 11.1. The van der Waals surface area contributed by atoms with Gasteiger partial charge in [-0.25, -0.2) is 4.79 Å². The first kappa shape index (κ1) is 22.6. The smallest absolute Gasteiger partial charge is 0.409 e. The van der Waals surface area contributed by atoms with Crippen LogP contribution in [0.3, 0.4) is 0 Å². The predicted octanol–water partition coefficient (Wildman–Crippen LogP) is 2.55. The van der Waals surface area contributed by atoms with Crippen molar-refractivity contribution in [1.82, 2.24) is 14.7 Å². The minimum Gasteiger partial charge on any atom is -0.450 e. The van der Waals surface area contributed by atoms with Gasteiger partial charge >= 0.3 is 6.09 Å². The van der Waals surface area contributed by atoms with E-state index >= 15 is 0 Å². The van der Waals surface area contributed by atoms with Crippen LogP contribution in [-0.4, -0.2) is 83.4 Å². The Morgan fingerprint density at radius 2 is 1.87 bits per heavy atom. The second-order valence-electron chi connectivity index (χ2n) is 8.76. The molecule has 1 amide bonds. The van der Waals surface area contributed by atoms with E-state index in [0.717, 1.165) is 51.4 Å². The van der Waals surface area contributed by atoms with Gasteiger partial charge in [0.15, 0.2) is 0 Å². The SMILES string of the molecule is CCOC(=O)N1CCN([C@H]2CCCN(Cc3ccc(C#CC(C)(C)O)cc3)C2)CC1. The molecule has 2 aliphatic heterocycles. The number of carbonyl (C=O) groups excluding carboxylic acids is 1. The Kier molecular flexibility index (Phi) is 7.76. The van der Waals surface area contributed by atoms with Gasteiger partial charge in [0.2, 0.25) is 0 Å². The summed E-state index contributed by atoms with van der Waals surface area (Å²) in [5.74, 6) is 5.88. The first-order valence-corrected chi connectivity index (χ1v) is 11.1. The molecule has 0 radical (unpaired) electrons. The standard InChI is InChI=1S/C24H35N3O3/c1-4-30-23(28)27-16-14-26(15-17-27)22-6-5-13-25(19-22)18-21-9-7-20(8-10-21)11-12-24(2,3)29/h7-10,22,29H,4-6,13-19H2,1-3H3/t22-/m0/s1. The van der Waals surface area contributed by atoms with Crippen LogP contribution in [0.1, 0.15) is 44.7 Å². The van der Waals surface area contributed by atoms with Gasteiger partial charge in [-0.05, 0) is 57.9 Å². The number of piperazine rings is 1. The minimum absolute atomic E-state index is 0.182. The summed E-state index contributed by atoms with van der Waals surface area (Å²) in [5.41, 5.74) is 1.25. The second-order valence-corrected chi connectivity index (χ2v) is 8.76. The van der Waals surface area contributed by atoms with E-state index in [1.54, 1.807) is 13.8 Å². The molecule has 0 saturated carbocycles. The van der Waals surface area contributed by atoms with Crippen molar-refractivity contribution < 1.29 is 14.6 Å². The summed E-state index contributed by atoms with van der Waals surface area (Å²) in [6.07, 6.45) is 2.25. The summed E-state index contributed by atoms with van der Waals surface area (Å²) in [4.78, 5) is 18.8. The third kappa shape index (κ3) is 6.73. The Hall–Kier alpha value is -2.07. The van der Waals surface area contributed by atoms with Crippen LogP contribution in [-0.2, 0) is 11.3 Å². The Balaban J connectivity index is 1.49. The highest BCUT2D eigenvalue weighted by Crippen LogP contribution is 2.20. The van der Waals surface area contributed by atoms with Gasteiger partial charge in [0.1, 0.15) is 5.60 Å². The van der Waals surface area contributed by atoms with Gasteiger partial charge in [0.05, 0.1) is 6.61 Å². The number of amides is 1. The third-order valence-corrected chi connectivity index (χ3v) is 5.71. The first-order chi connectivity index (χ1) is 14.3. The average molecular weight is 414 g/mol. The molecule has 0 aliphatic carbocycles. The number of piperidine rings is 1. The molecule has 2 saturated heterocycles. The van der Waals surface area contributed by atoms with Crippen LogP contribution in [0.25, 0.3) is 0 Å². The molecule has 6 heteroatoms. The summed E-state index contributed by atoms with van der Waals surface area (Å²) in [7, 11) is 0. The van der Waals surface area contributed by atoms with Crippen molar-refractivity contribution in [1.29, 1.82) is 0 Å². The number of carbonyl (C=O) groups is 1. The zero-order chi connectivity index (χ0) is 21.6. The molecule has 164 valence electrons. The summed E-state index contributed by atoms with van der Waals surface area (Å²) in [6, 6.07) is 8.89. The van der Waals surface area contributed by atoms with E-state index in [4.69, 9.17) is 4.74 Å². The number of benzene rings is 1. The molecule has 0 spiro atoms. The summed E-state index contributed by atoms with van der Waals surface area (Å²) in [5, 5.41) is 9.74. The lowest BCUT2D eigenvalue weighted by atomic mass is 10.0. The maximum absolute atomic E-state index is 11.9. The van der Waals surface area contributed by atoms with Gasteiger partial charge in [0.25, 0.3) is 0 Å². The van der Waals surface area contributed by atoms with E-state index < -0.39 is 5.60 Å². The van der Waals surface area contributed by atoms with E-state index in [1.165, 1.54) is 18.4 Å². The number of ether oxygens (including phenoxy) is 1. The summed E-state index contributed by atoms with van der Waals surface area (Å²) >= 11 is 0. The number of hydrogen-bond acceptors (Lipinski definition) is 5. The lowest BCUT2D eigenvalue weighted by Crippen LogP contribution is -2.55. The Labute approximate surface area is 180 Å². The van der Waals surface area contributed by atoms with Crippen molar-refractivity contribution in [3.8, 4) is 11.8 Å². The van der Waals surface area contributed by atoms with E-state index in [0.29, 0.717) is 12.6 Å². The van der Waals surface area contributed by atoms with Crippen LogP contribution in [0.5, 0.6) is 0 Å². The van der Waals surface area contributed by atoms with Gasteiger partial charge in [0, 0.05) is 50.9 Å². The number of hydrogen-bond donors (Lipinski definition) is 1. The summed E-state index contributed by atoms with van der Waals surface area (Å²) in [6.45, 7) is 12.2. The second kappa shape index (κ2) is 10.3. The van der Waals surface area contributed by atoms with Crippen molar-refractivity contribution >= 4 is 6.09 Å². The Morgan fingerprint density at radius 1 is 1.17 bits per heavy atom. The Morgan fingerprint density at radius 3 is 2.50 bits per heavy atom. The molecule has 2 aliphatic rings. The van der Waals surface area contributed by atoms with E-state index in [1.807, 2.05) is 24.0 Å². The normalized spacial score (nSPS) is 21.1. The van der Waals surface area contributed by atoms with Gasteiger partial charge in [-0.15, -0.1) is 0 Å². The molecule has 2 heterocycles. The fourth-order valence-corrected chi connectivity index (χ4v) is 4.13. The lowest BCUT2D eigenvalue weighted by Gasteiger charge is -2.43. The maximum Gasteiger partial charge on any atom is 0.409 e. The quantitative estimate of drug-likeness (QED) is 0.769. The van der Waals surface area contributed by atoms with Crippen LogP contribution in [0, 0.1) is 11.8 Å². The van der Waals surface area contributed by atoms with Crippen LogP contribution < -0.4 is 0 Å². The Bertz CT molecular complexity index is 753. The van der Waals surface area contributed by atoms with Gasteiger partial charge in [-0.2, -0.15) is 0 Å². The largest absolute Gasteiger partial charge is 0.450 e. The fraction of sp³-hybridized carbons (Fsp3) is 0.625. The molecule has 3 rings (SSSR count). The molecule has 1 N–H and O–H groups in total. The van der Waals surface area contributed by atoms with Crippen LogP contribution in [0.2, 0.25) is 0 Å². The number of aliphatic hydroxyl groups is 1. The highest BCUT2D eigenvalue weighted by molar-refractivity contribution is 5.67. The molecular formula is C24H35N3O3. The minimum atomic E-state index is -0.969. The van der Waals surface area contributed by atoms with Crippen LogP contribution in [0.15, 0.2) is 24.3 Å². The molecular weight excluding hydrogens is 378 g/mol. The topological polar surface area (TPSA) is 56.2 Å². The molecule has 0 bridgehead atoms. The molecule has 1 atom stereocenters. The molecule has 1 aromatic carbocycles. The third-order valence-electron chi connectivity index (χ3n) is 5.71.